The van der Waals surface area contributed by atoms with E-state index >= 15 is 0 Å². The molecule has 21 heavy (non-hydrogen) atoms. The Morgan fingerprint density at radius 3 is 2.67 bits per heavy atom. The number of aryl methyl sites for hydroxylation is 1. The number of rotatable bonds is 3. The van der Waals surface area contributed by atoms with E-state index in [2.05, 4.69) is 42.4 Å². The molecule has 0 aliphatic heterocycles. The molecule has 0 radical (unpaired) electrons. The summed E-state index contributed by atoms with van der Waals surface area (Å²) in [7, 11) is 0. The van der Waals surface area contributed by atoms with Crippen LogP contribution in [-0.4, -0.2) is 20.1 Å². The summed E-state index contributed by atoms with van der Waals surface area (Å²) < 4.78 is 1.96. The second-order valence-electron chi connectivity index (χ2n) is 6.05. The van der Waals surface area contributed by atoms with Gasteiger partial charge in [-0.3, -0.25) is 0 Å². The highest BCUT2D eigenvalue weighted by molar-refractivity contribution is 5.45. The summed E-state index contributed by atoms with van der Waals surface area (Å²) in [5.74, 6) is 0.468. The van der Waals surface area contributed by atoms with E-state index in [0.717, 1.165) is 17.1 Å². The van der Waals surface area contributed by atoms with E-state index in [9.17, 15) is 5.11 Å². The van der Waals surface area contributed by atoms with Gasteiger partial charge in [0.1, 0.15) is 5.69 Å². The molecule has 0 unspecified atom stereocenters. The van der Waals surface area contributed by atoms with Gasteiger partial charge in [-0.2, -0.15) is 0 Å². The van der Waals surface area contributed by atoms with Gasteiger partial charge < -0.3 is 5.11 Å². The first-order valence-electron chi connectivity index (χ1n) is 7.84. The Bertz CT molecular complexity index is 627. The SMILES string of the molecule is Cc1cccc(-n2nnc(CO)c2C2CCCCC2)c1C. The number of aliphatic hydroxyl groups is 1. The van der Waals surface area contributed by atoms with E-state index in [0.29, 0.717) is 5.92 Å². The van der Waals surface area contributed by atoms with Crippen molar-refractivity contribution in [1.29, 1.82) is 0 Å². The molecule has 1 aliphatic carbocycles. The van der Waals surface area contributed by atoms with Gasteiger partial charge in [-0.1, -0.05) is 36.6 Å². The molecule has 1 aromatic carbocycles. The van der Waals surface area contributed by atoms with Crippen LogP contribution < -0.4 is 0 Å². The minimum absolute atomic E-state index is 0.0311. The summed E-state index contributed by atoms with van der Waals surface area (Å²) >= 11 is 0. The van der Waals surface area contributed by atoms with Crippen molar-refractivity contribution in [1.82, 2.24) is 15.0 Å². The Hall–Kier alpha value is -1.68. The number of nitrogens with zero attached hydrogens (tertiary/aromatic N) is 3. The molecule has 1 N–H and O–H groups in total. The fourth-order valence-corrected chi connectivity index (χ4v) is 3.36. The van der Waals surface area contributed by atoms with Crippen LogP contribution in [0.3, 0.4) is 0 Å². The first kappa shape index (κ1) is 14.3. The van der Waals surface area contributed by atoms with Crippen LogP contribution in [0.2, 0.25) is 0 Å². The highest BCUT2D eigenvalue weighted by atomic mass is 16.3. The molecule has 1 heterocycles. The number of benzene rings is 1. The van der Waals surface area contributed by atoms with Gasteiger partial charge in [0.2, 0.25) is 0 Å². The van der Waals surface area contributed by atoms with Crippen LogP contribution in [0.4, 0.5) is 0 Å². The fraction of sp³-hybridized carbons (Fsp3) is 0.529. The molecular formula is C17H23N3O. The van der Waals surface area contributed by atoms with Crippen molar-refractivity contribution in [3.63, 3.8) is 0 Å². The highest BCUT2D eigenvalue weighted by Gasteiger charge is 2.25. The van der Waals surface area contributed by atoms with Gasteiger partial charge in [-0.15, -0.1) is 5.10 Å². The van der Waals surface area contributed by atoms with Gasteiger partial charge in [-0.05, 0) is 43.9 Å². The topological polar surface area (TPSA) is 50.9 Å². The normalized spacial score (nSPS) is 16.3. The van der Waals surface area contributed by atoms with Crippen molar-refractivity contribution in [3.05, 3.63) is 40.7 Å². The van der Waals surface area contributed by atoms with Crippen molar-refractivity contribution in [2.75, 3.05) is 0 Å². The Kier molecular flexibility index (Phi) is 4.06. The maximum absolute atomic E-state index is 9.62. The molecule has 0 saturated heterocycles. The Morgan fingerprint density at radius 1 is 1.19 bits per heavy atom. The summed E-state index contributed by atoms with van der Waals surface area (Å²) in [4.78, 5) is 0. The summed E-state index contributed by atoms with van der Waals surface area (Å²) in [6.45, 7) is 4.20. The van der Waals surface area contributed by atoms with E-state index in [-0.39, 0.29) is 6.61 Å². The van der Waals surface area contributed by atoms with Crippen molar-refractivity contribution < 1.29 is 5.11 Å². The number of hydrogen-bond donors (Lipinski definition) is 1. The molecule has 0 spiro atoms. The molecule has 3 rings (SSSR count). The molecular weight excluding hydrogens is 262 g/mol. The van der Waals surface area contributed by atoms with Gasteiger partial charge in [0.15, 0.2) is 0 Å². The second kappa shape index (κ2) is 5.98. The largest absolute Gasteiger partial charge is 0.390 e. The van der Waals surface area contributed by atoms with Gasteiger partial charge in [0.05, 0.1) is 18.0 Å². The molecule has 0 amide bonds. The summed E-state index contributed by atoms with van der Waals surface area (Å²) in [5, 5.41) is 18.2. The van der Waals surface area contributed by atoms with Crippen LogP contribution in [-0.2, 0) is 6.61 Å². The molecule has 1 aromatic heterocycles. The van der Waals surface area contributed by atoms with E-state index in [1.807, 2.05) is 4.68 Å². The number of aliphatic hydroxyl groups excluding tert-OH is 1. The smallest absolute Gasteiger partial charge is 0.112 e. The number of hydrogen-bond acceptors (Lipinski definition) is 3. The van der Waals surface area contributed by atoms with E-state index < -0.39 is 0 Å². The highest BCUT2D eigenvalue weighted by Crippen LogP contribution is 2.35. The molecule has 2 aromatic rings. The Labute approximate surface area is 125 Å². The van der Waals surface area contributed by atoms with Gasteiger partial charge in [-0.25, -0.2) is 4.68 Å². The summed E-state index contributed by atoms with van der Waals surface area (Å²) in [6.07, 6.45) is 6.17. The predicted octanol–water partition coefficient (Wildman–Crippen LogP) is 3.42. The van der Waals surface area contributed by atoms with Crippen LogP contribution in [0.25, 0.3) is 5.69 Å². The third-order valence-electron chi connectivity index (χ3n) is 4.72. The zero-order chi connectivity index (χ0) is 14.8. The lowest BCUT2D eigenvalue weighted by Gasteiger charge is -2.23. The van der Waals surface area contributed by atoms with Gasteiger partial charge in [0.25, 0.3) is 0 Å². The monoisotopic (exact) mass is 285 g/mol. The van der Waals surface area contributed by atoms with Gasteiger partial charge in [0, 0.05) is 5.92 Å². The zero-order valence-corrected chi connectivity index (χ0v) is 12.8. The number of aromatic nitrogens is 3. The van der Waals surface area contributed by atoms with Crippen LogP contribution in [0.15, 0.2) is 18.2 Å². The molecule has 4 nitrogen and oxygen atoms in total. The molecule has 0 bridgehead atoms. The van der Waals surface area contributed by atoms with Crippen LogP contribution >= 0.6 is 0 Å². The molecule has 112 valence electrons. The van der Waals surface area contributed by atoms with E-state index in [1.165, 1.54) is 43.2 Å². The van der Waals surface area contributed by atoms with Crippen molar-refractivity contribution in [2.45, 2.75) is 58.5 Å². The average Bonchev–Trinajstić information content (AvgIpc) is 2.94. The maximum atomic E-state index is 9.62. The summed E-state index contributed by atoms with van der Waals surface area (Å²) in [6, 6.07) is 6.26. The first-order valence-corrected chi connectivity index (χ1v) is 7.84. The standard InChI is InChI=1S/C17H23N3O/c1-12-7-6-10-16(13(12)2)20-17(15(11-21)18-19-20)14-8-4-3-5-9-14/h6-7,10,14,21H,3-5,8-9,11H2,1-2H3. The lowest BCUT2D eigenvalue weighted by atomic mass is 9.86. The molecule has 4 heteroatoms. The Morgan fingerprint density at radius 2 is 1.95 bits per heavy atom. The third kappa shape index (κ3) is 2.60. The van der Waals surface area contributed by atoms with E-state index in [1.54, 1.807) is 0 Å². The quantitative estimate of drug-likeness (QED) is 0.940. The lowest BCUT2D eigenvalue weighted by molar-refractivity contribution is 0.273. The zero-order valence-electron chi connectivity index (χ0n) is 12.8. The van der Waals surface area contributed by atoms with Gasteiger partial charge >= 0.3 is 0 Å². The molecule has 1 fully saturated rings. The first-order chi connectivity index (χ1) is 10.2. The minimum atomic E-state index is -0.0311. The maximum Gasteiger partial charge on any atom is 0.112 e. The third-order valence-corrected chi connectivity index (χ3v) is 4.72. The second-order valence-corrected chi connectivity index (χ2v) is 6.05. The lowest BCUT2D eigenvalue weighted by Crippen LogP contribution is -2.13. The fourth-order valence-electron chi connectivity index (χ4n) is 3.36. The van der Waals surface area contributed by atoms with Crippen LogP contribution in [0, 0.1) is 13.8 Å². The van der Waals surface area contributed by atoms with Crippen LogP contribution in [0.1, 0.15) is 60.5 Å². The van der Waals surface area contributed by atoms with E-state index in [4.69, 9.17) is 0 Å². The minimum Gasteiger partial charge on any atom is -0.390 e. The Balaban J connectivity index is 2.10. The molecule has 1 saturated carbocycles. The van der Waals surface area contributed by atoms with Crippen molar-refractivity contribution in [2.24, 2.45) is 0 Å². The molecule has 1 aliphatic rings. The van der Waals surface area contributed by atoms with Crippen LogP contribution in [0.5, 0.6) is 0 Å². The van der Waals surface area contributed by atoms with Crippen molar-refractivity contribution >= 4 is 0 Å². The predicted molar refractivity (Wildman–Crippen MR) is 82.6 cm³/mol. The molecule has 0 atom stereocenters. The average molecular weight is 285 g/mol. The van der Waals surface area contributed by atoms with Crippen molar-refractivity contribution in [3.8, 4) is 5.69 Å². The summed E-state index contributed by atoms with van der Waals surface area (Å²) in [5.41, 5.74) is 5.42.